The van der Waals surface area contributed by atoms with Crippen molar-refractivity contribution < 1.29 is 5.11 Å². The number of halogens is 1. The maximum Gasteiger partial charge on any atom is 0.116 e. The number of hydrogen-bond donors (Lipinski definition) is 1. The molecular formula is C8H7BrN2O. The van der Waals surface area contributed by atoms with Crippen molar-refractivity contribution in [1.29, 1.82) is 0 Å². The van der Waals surface area contributed by atoms with Crippen molar-refractivity contribution in [2.24, 2.45) is 4.99 Å². The van der Waals surface area contributed by atoms with E-state index in [1.54, 1.807) is 12.4 Å². The molecular weight excluding hydrogens is 220 g/mol. The summed E-state index contributed by atoms with van der Waals surface area (Å²) < 4.78 is 0.904. The van der Waals surface area contributed by atoms with Gasteiger partial charge < -0.3 is 5.11 Å². The standard InChI is InChI=1S/C8H7BrN2O/c9-6-1-5-2-10-4-7(12)8(5)11-3-6/h1-3,7,12H,4H2. The molecule has 0 bridgehead atoms. The minimum Gasteiger partial charge on any atom is -0.385 e. The van der Waals surface area contributed by atoms with E-state index in [-0.39, 0.29) is 0 Å². The summed E-state index contributed by atoms with van der Waals surface area (Å²) in [5.74, 6) is 0. The van der Waals surface area contributed by atoms with Crippen molar-refractivity contribution in [1.82, 2.24) is 4.98 Å². The SMILES string of the molecule is OC1CN=Cc2cc(Br)cnc21. The zero-order chi connectivity index (χ0) is 8.55. The van der Waals surface area contributed by atoms with Crippen LogP contribution in [0.25, 0.3) is 0 Å². The first-order valence-corrected chi connectivity index (χ1v) is 4.40. The molecule has 0 saturated carbocycles. The number of aromatic nitrogens is 1. The number of pyridine rings is 1. The summed E-state index contributed by atoms with van der Waals surface area (Å²) >= 11 is 3.30. The number of nitrogens with zero attached hydrogens (tertiary/aromatic N) is 2. The Morgan fingerprint density at radius 1 is 1.58 bits per heavy atom. The van der Waals surface area contributed by atoms with Gasteiger partial charge in [0.05, 0.1) is 12.2 Å². The molecule has 0 aromatic carbocycles. The van der Waals surface area contributed by atoms with Crippen LogP contribution in [0.15, 0.2) is 21.7 Å². The number of aliphatic imine (C=N–C) groups is 1. The van der Waals surface area contributed by atoms with E-state index < -0.39 is 6.10 Å². The Labute approximate surface area is 78.3 Å². The van der Waals surface area contributed by atoms with E-state index >= 15 is 0 Å². The Morgan fingerprint density at radius 2 is 2.42 bits per heavy atom. The van der Waals surface area contributed by atoms with Gasteiger partial charge in [-0.25, -0.2) is 0 Å². The van der Waals surface area contributed by atoms with E-state index in [0.717, 1.165) is 10.0 Å². The fourth-order valence-corrected chi connectivity index (χ4v) is 1.53. The topological polar surface area (TPSA) is 45.5 Å². The first-order valence-electron chi connectivity index (χ1n) is 3.61. The molecule has 4 heteroatoms. The van der Waals surface area contributed by atoms with Gasteiger partial charge in [0.1, 0.15) is 6.10 Å². The van der Waals surface area contributed by atoms with Crippen LogP contribution in [0.4, 0.5) is 0 Å². The number of fused-ring (bicyclic) bond motifs is 1. The average Bonchev–Trinajstić information content (AvgIpc) is 2.04. The van der Waals surface area contributed by atoms with Crippen molar-refractivity contribution in [2.75, 3.05) is 6.54 Å². The van der Waals surface area contributed by atoms with Crippen molar-refractivity contribution >= 4 is 22.1 Å². The molecule has 0 aliphatic carbocycles. The van der Waals surface area contributed by atoms with Crippen LogP contribution >= 0.6 is 15.9 Å². The molecule has 0 spiro atoms. The Morgan fingerprint density at radius 3 is 3.25 bits per heavy atom. The monoisotopic (exact) mass is 226 g/mol. The number of rotatable bonds is 0. The van der Waals surface area contributed by atoms with Crippen LogP contribution in [0.3, 0.4) is 0 Å². The van der Waals surface area contributed by atoms with Gasteiger partial charge in [0, 0.05) is 22.4 Å². The highest BCUT2D eigenvalue weighted by atomic mass is 79.9. The lowest BCUT2D eigenvalue weighted by atomic mass is 10.1. The van der Waals surface area contributed by atoms with E-state index in [2.05, 4.69) is 25.9 Å². The highest BCUT2D eigenvalue weighted by Gasteiger charge is 2.15. The van der Waals surface area contributed by atoms with Crippen molar-refractivity contribution in [2.45, 2.75) is 6.10 Å². The first kappa shape index (κ1) is 7.89. The third-order valence-corrected chi connectivity index (χ3v) is 2.17. The quantitative estimate of drug-likeness (QED) is 0.726. The predicted molar refractivity (Wildman–Crippen MR) is 49.4 cm³/mol. The maximum absolute atomic E-state index is 9.46. The largest absolute Gasteiger partial charge is 0.385 e. The second-order valence-corrected chi connectivity index (χ2v) is 3.55. The Kier molecular flexibility index (Phi) is 1.94. The van der Waals surface area contributed by atoms with Crippen molar-refractivity contribution in [3.05, 3.63) is 28.0 Å². The van der Waals surface area contributed by atoms with Crippen LogP contribution < -0.4 is 0 Å². The van der Waals surface area contributed by atoms with Gasteiger partial charge in [0.15, 0.2) is 0 Å². The van der Waals surface area contributed by atoms with Crippen LogP contribution in [-0.4, -0.2) is 22.8 Å². The molecule has 0 fully saturated rings. The highest BCUT2D eigenvalue weighted by Crippen LogP contribution is 2.21. The summed E-state index contributed by atoms with van der Waals surface area (Å²) in [4.78, 5) is 8.12. The zero-order valence-corrected chi connectivity index (χ0v) is 7.82. The van der Waals surface area contributed by atoms with Gasteiger partial charge in [-0.05, 0) is 22.0 Å². The second-order valence-electron chi connectivity index (χ2n) is 2.64. The van der Waals surface area contributed by atoms with Crippen LogP contribution in [0.1, 0.15) is 17.4 Å². The van der Waals surface area contributed by atoms with Gasteiger partial charge in [0.25, 0.3) is 0 Å². The van der Waals surface area contributed by atoms with Gasteiger partial charge in [-0.2, -0.15) is 0 Å². The zero-order valence-electron chi connectivity index (χ0n) is 6.24. The lowest BCUT2D eigenvalue weighted by molar-refractivity contribution is 0.180. The molecule has 1 aliphatic rings. The predicted octanol–water partition coefficient (Wildman–Crippen LogP) is 1.31. The summed E-state index contributed by atoms with van der Waals surface area (Å²) in [6.07, 6.45) is 2.87. The van der Waals surface area contributed by atoms with Crippen molar-refractivity contribution in [3.63, 3.8) is 0 Å². The van der Waals surface area contributed by atoms with Gasteiger partial charge in [-0.1, -0.05) is 0 Å². The molecule has 12 heavy (non-hydrogen) atoms. The Balaban J connectivity index is 2.55. The second kappa shape index (κ2) is 2.95. The van der Waals surface area contributed by atoms with E-state index in [0.29, 0.717) is 12.2 Å². The van der Waals surface area contributed by atoms with Crippen LogP contribution in [0.5, 0.6) is 0 Å². The fraction of sp³-hybridized carbons (Fsp3) is 0.250. The number of aliphatic hydroxyl groups is 1. The van der Waals surface area contributed by atoms with E-state index in [9.17, 15) is 5.11 Å². The summed E-state index contributed by atoms with van der Waals surface area (Å²) in [5, 5.41) is 9.46. The molecule has 2 rings (SSSR count). The van der Waals surface area contributed by atoms with Gasteiger partial charge >= 0.3 is 0 Å². The first-order chi connectivity index (χ1) is 5.77. The molecule has 3 nitrogen and oxygen atoms in total. The summed E-state index contributed by atoms with van der Waals surface area (Å²) in [6, 6.07) is 1.90. The Hall–Kier alpha value is -0.740. The highest BCUT2D eigenvalue weighted by molar-refractivity contribution is 9.10. The summed E-state index contributed by atoms with van der Waals surface area (Å²) in [6.45, 7) is 0.418. The molecule has 1 aromatic rings. The molecule has 1 atom stereocenters. The molecule has 0 amide bonds. The minimum atomic E-state index is -0.543. The van der Waals surface area contributed by atoms with E-state index in [1.807, 2.05) is 6.07 Å². The fourth-order valence-electron chi connectivity index (χ4n) is 1.18. The van der Waals surface area contributed by atoms with Gasteiger partial charge in [0.2, 0.25) is 0 Å². The molecule has 1 N–H and O–H groups in total. The molecule has 0 radical (unpaired) electrons. The van der Waals surface area contributed by atoms with Crippen LogP contribution in [0, 0.1) is 0 Å². The molecule has 1 unspecified atom stereocenters. The summed E-state index contributed by atoms with van der Waals surface area (Å²) in [5.41, 5.74) is 1.61. The van der Waals surface area contributed by atoms with Gasteiger partial charge in [-0.3, -0.25) is 9.98 Å². The smallest absolute Gasteiger partial charge is 0.116 e. The maximum atomic E-state index is 9.46. The molecule has 2 heterocycles. The number of hydrogen-bond acceptors (Lipinski definition) is 3. The lowest BCUT2D eigenvalue weighted by Crippen LogP contribution is -2.12. The average molecular weight is 227 g/mol. The van der Waals surface area contributed by atoms with E-state index in [4.69, 9.17) is 0 Å². The normalized spacial score (nSPS) is 20.7. The minimum absolute atomic E-state index is 0.418. The van der Waals surface area contributed by atoms with Crippen molar-refractivity contribution in [3.8, 4) is 0 Å². The van der Waals surface area contributed by atoms with E-state index in [1.165, 1.54) is 0 Å². The molecule has 0 saturated heterocycles. The third kappa shape index (κ3) is 1.28. The number of aliphatic hydroxyl groups excluding tert-OH is 1. The Bertz CT molecular complexity index is 338. The van der Waals surface area contributed by atoms with Crippen LogP contribution in [-0.2, 0) is 0 Å². The van der Waals surface area contributed by atoms with Crippen LogP contribution in [0.2, 0.25) is 0 Å². The summed E-state index contributed by atoms with van der Waals surface area (Å²) in [7, 11) is 0. The molecule has 1 aliphatic heterocycles. The molecule has 62 valence electrons. The van der Waals surface area contributed by atoms with Gasteiger partial charge in [-0.15, -0.1) is 0 Å². The lowest BCUT2D eigenvalue weighted by Gasteiger charge is -2.14. The molecule has 1 aromatic heterocycles. The third-order valence-electron chi connectivity index (χ3n) is 1.74.